The van der Waals surface area contributed by atoms with Gasteiger partial charge >= 0.3 is 0 Å². The van der Waals surface area contributed by atoms with Gasteiger partial charge in [0.15, 0.2) is 46.0 Å². The molecule has 1 aromatic heterocycles. The average Bonchev–Trinajstić information content (AvgIpc) is 3.50. The molecule has 4 aromatic carbocycles. The summed E-state index contributed by atoms with van der Waals surface area (Å²) in [6.45, 7) is 0. The molecule has 9 nitrogen and oxygen atoms in total. The Hall–Kier alpha value is -5.44. The summed E-state index contributed by atoms with van der Waals surface area (Å²) in [5.74, 6) is 5.85. The highest BCUT2D eigenvalue weighted by atomic mass is 16.5. The molecule has 0 bridgehead atoms. The Labute approximate surface area is 262 Å². The lowest BCUT2D eigenvalue weighted by Gasteiger charge is -2.14. The van der Waals surface area contributed by atoms with E-state index in [2.05, 4.69) is 0 Å². The van der Waals surface area contributed by atoms with Crippen LogP contribution in [0.1, 0.15) is 0 Å². The first kappa shape index (κ1) is 31.0. The van der Waals surface area contributed by atoms with Crippen LogP contribution < -0.4 is 37.9 Å². The lowest BCUT2D eigenvalue weighted by atomic mass is 9.91. The van der Waals surface area contributed by atoms with Gasteiger partial charge in [-0.1, -0.05) is 12.1 Å². The average molecular weight is 613 g/mol. The fourth-order valence-electron chi connectivity index (χ4n) is 5.33. The fourth-order valence-corrected chi connectivity index (χ4v) is 5.33. The molecule has 5 rings (SSSR count). The Bertz CT molecular complexity index is 1680. The molecule has 45 heavy (non-hydrogen) atoms. The summed E-state index contributed by atoms with van der Waals surface area (Å²) in [4.78, 5) is 0. The molecule has 0 fully saturated rings. The van der Waals surface area contributed by atoms with E-state index in [-0.39, 0.29) is 0 Å². The van der Waals surface area contributed by atoms with Crippen LogP contribution in [-0.2, 0) is 0 Å². The van der Waals surface area contributed by atoms with Crippen LogP contribution in [0.4, 0.5) is 0 Å². The van der Waals surface area contributed by atoms with Crippen LogP contribution in [0, 0.1) is 0 Å². The smallest absolute Gasteiger partial charge is 0.161 e. The highest BCUT2D eigenvalue weighted by molar-refractivity contribution is 6.00. The maximum Gasteiger partial charge on any atom is 0.161 e. The zero-order chi connectivity index (χ0) is 32.1. The predicted molar refractivity (Wildman–Crippen MR) is 173 cm³/mol. The first-order chi connectivity index (χ1) is 21.9. The van der Waals surface area contributed by atoms with Crippen molar-refractivity contribution in [2.45, 2.75) is 0 Å². The van der Waals surface area contributed by atoms with Crippen molar-refractivity contribution in [2.24, 2.45) is 0 Å². The molecule has 0 saturated carbocycles. The van der Waals surface area contributed by atoms with Gasteiger partial charge in [0.25, 0.3) is 0 Å². The molecule has 5 aromatic rings. The molecule has 0 saturated heterocycles. The van der Waals surface area contributed by atoms with Gasteiger partial charge < -0.3 is 42.3 Å². The van der Waals surface area contributed by atoms with Gasteiger partial charge in [-0.05, 0) is 71.8 Å². The van der Waals surface area contributed by atoms with E-state index in [1.807, 2.05) is 72.8 Å². The summed E-state index contributed by atoms with van der Waals surface area (Å²) in [5, 5.41) is 0. The van der Waals surface area contributed by atoms with Gasteiger partial charge in [-0.2, -0.15) is 0 Å². The zero-order valence-corrected chi connectivity index (χ0v) is 26.6. The van der Waals surface area contributed by atoms with Crippen molar-refractivity contribution in [3.05, 3.63) is 72.8 Å². The molecular formula is C36H36O9. The largest absolute Gasteiger partial charge is 0.493 e. The van der Waals surface area contributed by atoms with E-state index >= 15 is 0 Å². The second-order valence-corrected chi connectivity index (χ2v) is 9.79. The minimum atomic E-state index is 0.560. The number of ether oxygens (including phenoxy) is 8. The second-order valence-electron chi connectivity index (χ2n) is 9.79. The second kappa shape index (κ2) is 13.5. The molecule has 1 heterocycles. The maximum absolute atomic E-state index is 6.90. The van der Waals surface area contributed by atoms with E-state index in [1.54, 1.807) is 56.9 Å². The molecule has 0 unspecified atom stereocenters. The molecule has 0 amide bonds. The number of benzene rings is 4. The molecule has 0 aliphatic carbocycles. The lowest BCUT2D eigenvalue weighted by molar-refractivity contribution is 0.355. The number of furan rings is 1. The van der Waals surface area contributed by atoms with Gasteiger partial charge in [0, 0.05) is 22.3 Å². The number of rotatable bonds is 12. The highest BCUT2D eigenvalue weighted by Gasteiger charge is 2.28. The fraction of sp³-hybridized carbons (Fsp3) is 0.222. The zero-order valence-electron chi connectivity index (χ0n) is 26.6. The quantitative estimate of drug-likeness (QED) is 0.139. The normalized spacial score (nSPS) is 10.7. The molecule has 0 aliphatic rings. The lowest BCUT2D eigenvalue weighted by Crippen LogP contribution is -1.94. The highest BCUT2D eigenvalue weighted by Crippen LogP contribution is 2.52. The van der Waals surface area contributed by atoms with Crippen molar-refractivity contribution in [2.75, 3.05) is 56.9 Å². The third-order valence-corrected chi connectivity index (χ3v) is 7.54. The van der Waals surface area contributed by atoms with Crippen molar-refractivity contribution in [1.82, 2.24) is 0 Å². The molecule has 0 N–H and O–H groups in total. The molecule has 0 atom stereocenters. The monoisotopic (exact) mass is 612 g/mol. The van der Waals surface area contributed by atoms with Crippen molar-refractivity contribution in [3.63, 3.8) is 0 Å². The van der Waals surface area contributed by atoms with E-state index in [0.29, 0.717) is 57.5 Å². The number of hydrogen-bond acceptors (Lipinski definition) is 9. The molecule has 234 valence electrons. The van der Waals surface area contributed by atoms with Crippen LogP contribution in [0.5, 0.6) is 46.0 Å². The Morgan fingerprint density at radius 1 is 0.311 bits per heavy atom. The summed E-state index contributed by atoms with van der Waals surface area (Å²) in [7, 11) is 12.8. The number of hydrogen-bond donors (Lipinski definition) is 0. The van der Waals surface area contributed by atoms with Crippen molar-refractivity contribution in [3.8, 4) is 90.9 Å². The maximum atomic E-state index is 6.90. The SMILES string of the molecule is COc1ccc(-c2oc(-c3ccc(OC)c(OC)c3)c(-c3ccc(OC)c(OC)c3)c2-c2ccc(OC)c(OC)c2)cc1OC. The predicted octanol–water partition coefficient (Wildman–Crippen LogP) is 8.02. The van der Waals surface area contributed by atoms with E-state index < -0.39 is 0 Å². The third-order valence-electron chi connectivity index (χ3n) is 7.54. The Morgan fingerprint density at radius 2 is 0.556 bits per heavy atom. The van der Waals surface area contributed by atoms with Gasteiger partial charge in [0.1, 0.15) is 11.5 Å². The first-order valence-electron chi connectivity index (χ1n) is 14.0. The van der Waals surface area contributed by atoms with Crippen molar-refractivity contribution >= 4 is 0 Å². The van der Waals surface area contributed by atoms with Crippen LogP contribution in [0.15, 0.2) is 77.2 Å². The van der Waals surface area contributed by atoms with Crippen molar-refractivity contribution in [1.29, 1.82) is 0 Å². The number of methoxy groups -OCH3 is 8. The van der Waals surface area contributed by atoms with Gasteiger partial charge in [-0.3, -0.25) is 0 Å². The summed E-state index contributed by atoms with van der Waals surface area (Å²) in [5.41, 5.74) is 4.81. The molecule has 0 spiro atoms. The Kier molecular flexibility index (Phi) is 9.28. The summed E-state index contributed by atoms with van der Waals surface area (Å²) in [6.07, 6.45) is 0. The minimum Gasteiger partial charge on any atom is -0.493 e. The first-order valence-corrected chi connectivity index (χ1v) is 14.0. The van der Waals surface area contributed by atoms with Crippen LogP contribution in [-0.4, -0.2) is 56.9 Å². The summed E-state index contributed by atoms with van der Waals surface area (Å²) in [6, 6.07) is 22.9. The molecular weight excluding hydrogens is 576 g/mol. The van der Waals surface area contributed by atoms with E-state index in [9.17, 15) is 0 Å². The van der Waals surface area contributed by atoms with Crippen LogP contribution in [0.2, 0.25) is 0 Å². The van der Waals surface area contributed by atoms with E-state index in [1.165, 1.54) is 0 Å². The topological polar surface area (TPSA) is 87.0 Å². The van der Waals surface area contributed by atoms with Crippen LogP contribution in [0.3, 0.4) is 0 Å². The van der Waals surface area contributed by atoms with Crippen LogP contribution in [0.25, 0.3) is 44.9 Å². The van der Waals surface area contributed by atoms with Gasteiger partial charge in [-0.25, -0.2) is 0 Å². The van der Waals surface area contributed by atoms with E-state index in [0.717, 1.165) is 33.4 Å². The standard InChI is InChI=1S/C36H36O9/c1-37-25-13-9-21(17-29(25)41-5)33-34(22-10-14-26(38-2)30(18-22)42-6)36(24-12-16-28(40-4)32(20-24)44-8)45-35(33)23-11-15-27(39-3)31(19-23)43-7/h9-20H,1-8H3. The Morgan fingerprint density at radius 3 is 0.822 bits per heavy atom. The summed E-state index contributed by atoms with van der Waals surface area (Å²) < 4.78 is 51.8. The molecule has 0 radical (unpaired) electrons. The molecule has 0 aliphatic heterocycles. The van der Waals surface area contributed by atoms with Gasteiger partial charge in [0.2, 0.25) is 0 Å². The van der Waals surface area contributed by atoms with Gasteiger partial charge in [0.05, 0.1) is 56.9 Å². The summed E-state index contributed by atoms with van der Waals surface area (Å²) >= 11 is 0. The van der Waals surface area contributed by atoms with Crippen LogP contribution >= 0.6 is 0 Å². The van der Waals surface area contributed by atoms with Crippen molar-refractivity contribution < 1.29 is 42.3 Å². The van der Waals surface area contributed by atoms with E-state index in [4.69, 9.17) is 42.3 Å². The Balaban J connectivity index is 1.93. The molecule has 9 heteroatoms. The minimum absolute atomic E-state index is 0.560. The third kappa shape index (κ3) is 5.76. The van der Waals surface area contributed by atoms with Gasteiger partial charge in [-0.15, -0.1) is 0 Å².